The second kappa shape index (κ2) is 3.56. The standard InChI is InChI=1S/C16H17NO/c18-9-15-14-8-17-10-16(14,15)13-6-5-11-3-1-2-4-12(11)7-13/h1-7,14-15,17-18H,8-10H2. The van der Waals surface area contributed by atoms with Gasteiger partial charge in [0.15, 0.2) is 0 Å². The van der Waals surface area contributed by atoms with Crippen molar-refractivity contribution in [3.63, 3.8) is 0 Å². The highest BCUT2D eigenvalue weighted by molar-refractivity contribution is 5.83. The Morgan fingerprint density at radius 1 is 1.17 bits per heavy atom. The van der Waals surface area contributed by atoms with Crippen LogP contribution in [-0.4, -0.2) is 24.8 Å². The lowest BCUT2D eigenvalue weighted by Crippen LogP contribution is -2.24. The SMILES string of the molecule is OCC1C2CNCC12c1ccc2ccccc2c1. The molecule has 0 spiro atoms. The summed E-state index contributed by atoms with van der Waals surface area (Å²) in [4.78, 5) is 0. The second-order valence-corrected chi connectivity index (χ2v) is 5.63. The van der Waals surface area contributed by atoms with Crippen LogP contribution >= 0.6 is 0 Å². The number of fused-ring (bicyclic) bond motifs is 2. The number of hydrogen-bond donors (Lipinski definition) is 2. The smallest absolute Gasteiger partial charge is 0.0471 e. The van der Waals surface area contributed by atoms with Crippen LogP contribution in [0.1, 0.15) is 5.56 Å². The molecule has 2 aliphatic rings. The van der Waals surface area contributed by atoms with Gasteiger partial charge in [-0.2, -0.15) is 0 Å². The highest BCUT2D eigenvalue weighted by Gasteiger charge is 2.67. The van der Waals surface area contributed by atoms with Crippen molar-refractivity contribution in [1.82, 2.24) is 5.32 Å². The Morgan fingerprint density at radius 3 is 2.78 bits per heavy atom. The number of aliphatic hydroxyl groups excluding tert-OH is 1. The van der Waals surface area contributed by atoms with Gasteiger partial charge in [0.25, 0.3) is 0 Å². The molecule has 1 heterocycles. The van der Waals surface area contributed by atoms with Gasteiger partial charge < -0.3 is 10.4 Å². The van der Waals surface area contributed by atoms with Crippen LogP contribution in [0.3, 0.4) is 0 Å². The number of hydrogen-bond acceptors (Lipinski definition) is 2. The van der Waals surface area contributed by atoms with Crippen LogP contribution in [0.5, 0.6) is 0 Å². The van der Waals surface area contributed by atoms with E-state index in [0.29, 0.717) is 18.4 Å². The van der Waals surface area contributed by atoms with Crippen LogP contribution in [0, 0.1) is 11.8 Å². The molecule has 1 aliphatic heterocycles. The van der Waals surface area contributed by atoms with Gasteiger partial charge in [-0.3, -0.25) is 0 Å². The third-order valence-corrected chi connectivity index (χ3v) is 4.97. The molecule has 0 radical (unpaired) electrons. The fourth-order valence-corrected chi connectivity index (χ4v) is 3.92. The Morgan fingerprint density at radius 2 is 2.00 bits per heavy atom. The van der Waals surface area contributed by atoms with Gasteiger partial charge in [0.1, 0.15) is 0 Å². The molecule has 2 aromatic carbocycles. The number of nitrogens with one attached hydrogen (secondary N) is 1. The molecule has 0 bridgehead atoms. The van der Waals surface area contributed by atoms with Gasteiger partial charge >= 0.3 is 0 Å². The summed E-state index contributed by atoms with van der Waals surface area (Å²) >= 11 is 0. The average Bonchev–Trinajstić information content (AvgIpc) is 2.84. The van der Waals surface area contributed by atoms with Gasteiger partial charge in [0, 0.05) is 18.6 Å². The summed E-state index contributed by atoms with van der Waals surface area (Å²) in [5.74, 6) is 1.09. The van der Waals surface area contributed by atoms with E-state index in [2.05, 4.69) is 47.8 Å². The van der Waals surface area contributed by atoms with Crippen LogP contribution in [0.25, 0.3) is 10.8 Å². The topological polar surface area (TPSA) is 32.3 Å². The highest BCUT2D eigenvalue weighted by Crippen LogP contribution is 2.61. The van der Waals surface area contributed by atoms with E-state index in [1.54, 1.807) is 0 Å². The minimum Gasteiger partial charge on any atom is -0.396 e. The molecule has 1 aliphatic carbocycles. The first kappa shape index (κ1) is 10.5. The molecule has 0 aromatic heterocycles. The largest absolute Gasteiger partial charge is 0.396 e. The van der Waals surface area contributed by atoms with Gasteiger partial charge in [0.2, 0.25) is 0 Å². The fraction of sp³-hybridized carbons (Fsp3) is 0.375. The maximum absolute atomic E-state index is 9.52. The maximum atomic E-state index is 9.52. The summed E-state index contributed by atoms with van der Waals surface area (Å²) in [5, 5.41) is 15.6. The summed E-state index contributed by atoms with van der Waals surface area (Å²) in [7, 11) is 0. The van der Waals surface area contributed by atoms with Crippen LogP contribution in [0.15, 0.2) is 42.5 Å². The molecule has 2 aromatic rings. The van der Waals surface area contributed by atoms with E-state index in [0.717, 1.165) is 13.1 Å². The maximum Gasteiger partial charge on any atom is 0.0471 e. The van der Waals surface area contributed by atoms with E-state index in [1.165, 1.54) is 16.3 Å². The first-order chi connectivity index (χ1) is 8.86. The third-order valence-electron chi connectivity index (χ3n) is 4.97. The van der Waals surface area contributed by atoms with Gasteiger partial charge in [-0.1, -0.05) is 42.5 Å². The Bertz CT molecular complexity index is 603. The van der Waals surface area contributed by atoms with E-state index >= 15 is 0 Å². The number of benzene rings is 2. The molecule has 1 saturated carbocycles. The van der Waals surface area contributed by atoms with Gasteiger partial charge in [-0.05, 0) is 34.7 Å². The van der Waals surface area contributed by atoms with E-state index < -0.39 is 0 Å². The Labute approximate surface area is 107 Å². The van der Waals surface area contributed by atoms with Crippen molar-refractivity contribution < 1.29 is 5.11 Å². The molecule has 3 atom stereocenters. The van der Waals surface area contributed by atoms with Crippen LogP contribution in [0.2, 0.25) is 0 Å². The summed E-state index contributed by atoms with van der Waals surface area (Å²) < 4.78 is 0. The zero-order valence-corrected chi connectivity index (χ0v) is 10.3. The summed E-state index contributed by atoms with van der Waals surface area (Å²) in [5.41, 5.74) is 1.61. The number of rotatable bonds is 2. The molecule has 1 saturated heterocycles. The molecule has 4 rings (SSSR count). The second-order valence-electron chi connectivity index (χ2n) is 5.63. The quantitative estimate of drug-likeness (QED) is 0.839. The number of piperidine rings is 1. The molecule has 2 heteroatoms. The van der Waals surface area contributed by atoms with E-state index in [4.69, 9.17) is 0 Å². The first-order valence-corrected chi connectivity index (χ1v) is 6.67. The van der Waals surface area contributed by atoms with Gasteiger partial charge in [-0.15, -0.1) is 0 Å². The predicted molar refractivity (Wildman–Crippen MR) is 72.6 cm³/mol. The summed E-state index contributed by atoms with van der Waals surface area (Å²) in [6, 6.07) is 15.3. The van der Waals surface area contributed by atoms with E-state index in [1.807, 2.05) is 0 Å². The predicted octanol–water partition coefficient (Wildman–Crippen LogP) is 1.92. The van der Waals surface area contributed by atoms with Crippen molar-refractivity contribution in [3.8, 4) is 0 Å². The van der Waals surface area contributed by atoms with Crippen molar-refractivity contribution >= 4 is 10.8 Å². The Balaban J connectivity index is 1.83. The fourth-order valence-electron chi connectivity index (χ4n) is 3.92. The van der Waals surface area contributed by atoms with Gasteiger partial charge in [0.05, 0.1) is 0 Å². The Kier molecular flexibility index (Phi) is 2.08. The van der Waals surface area contributed by atoms with Crippen LogP contribution in [-0.2, 0) is 5.41 Å². The minimum atomic E-state index is 0.207. The normalized spacial score (nSPS) is 33.6. The van der Waals surface area contributed by atoms with Gasteiger partial charge in [-0.25, -0.2) is 0 Å². The third kappa shape index (κ3) is 1.20. The number of aliphatic hydroxyl groups is 1. The van der Waals surface area contributed by atoms with Crippen LogP contribution in [0.4, 0.5) is 0 Å². The zero-order valence-electron chi connectivity index (χ0n) is 10.3. The van der Waals surface area contributed by atoms with Crippen molar-refractivity contribution in [2.45, 2.75) is 5.41 Å². The van der Waals surface area contributed by atoms with Crippen molar-refractivity contribution in [1.29, 1.82) is 0 Å². The molecule has 0 amide bonds. The molecular formula is C16H17NO. The average molecular weight is 239 g/mol. The molecular weight excluding hydrogens is 222 g/mol. The van der Waals surface area contributed by atoms with Crippen molar-refractivity contribution in [2.24, 2.45) is 11.8 Å². The van der Waals surface area contributed by atoms with Crippen molar-refractivity contribution in [3.05, 3.63) is 48.0 Å². The highest BCUT2D eigenvalue weighted by atomic mass is 16.3. The summed E-state index contributed by atoms with van der Waals surface area (Å²) in [6.07, 6.45) is 0. The lowest BCUT2D eigenvalue weighted by atomic mass is 9.91. The van der Waals surface area contributed by atoms with E-state index in [9.17, 15) is 5.11 Å². The molecule has 3 unspecified atom stereocenters. The molecule has 18 heavy (non-hydrogen) atoms. The molecule has 92 valence electrons. The van der Waals surface area contributed by atoms with E-state index in [-0.39, 0.29) is 5.41 Å². The van der Waals surface area contributed by atoms with Crippen LogP contribution < -0.4 is 5.32 Å². The molecule has 2 N–H and O–H groups in total. The van der Waals surface area contributed by atoms with Crippen molar-refractivity contribution in [2.75, 3.05) is 19.7 Å². The minimum absolute atomic E-state index is 0.207. The lowest BCUT2D eigenvalue weighted by molar-refractivity contribution is 0.253. The lowest BCUT2D eigenvalue weighted by Gasteiger charge is -2.16. The molecule has 2 fully saturated rings. The molecule has 2 nitrogen and oxygen atoms in total. The zero-order chi connectivity index (χ0) is 12.2. The Hall–Kier alpha value is -1.38. The monoisotopic (exact) mass is 239 g/mol. The summed E-state index contributed by atoms with van der Waals surface area (Å²) in [6.45, 7) is 2.39. The first-order valence-electron chi connectivity index (χ1n) is 6.67.